The van der Waals surface area contributed by atoms with Gasteiger partial charge in [0.15, 0.2) is 6.61 Å². The Morgan fingerprint density at radius 2 is 1.95 bits per heavy atom. The van der Waals surface area contributed by atoms with Gasteiger partial charge in [0.25, 0.3) is 5.91 Å². The van der Waals surface area contributed by atoms with Gasteiger partial charge in [-0.05, 0) is 19.9 Å². The number of rotatable bonds is 5. The maximum Gasteiger partial charge on any atom is 0.422 e. The topological polar surface area (TPSA) is 79.7 Å². The summed E-state index contributed by atoms with van der Waals surface area (Å²) >= 11 is 0. The molecule has 1 N–H and O–H groups in total. The molecule has 0 radical (unpaired) electrons. The molecule has 1 aromatic rings. The molecular weight excluding hydrogens is 305 g/mol. The normalized spacial score (nSPS) is 11.9. The number of likely N-dealkylation sites (N-methyl/N-ethyl adjacent to an activating group) is 1. The van der Waals surface area contributed by atoms with Gasteiger partial charge in [0.2, 0.25) is 5.88 Å². The van der Waals surface area contributed by atoms with Crippen molar-refractivity contribution < 1.29 is 32.6 Å². The zero-order valence-electron chi connectivity index (χ0n) is 12.1. The molecule has 0 saturated heterocycles. The second-order valence-electron chi connectivity index (χ2n) is 5.01. The first-order chi connectivity index (χ1) is 9.95. The summed E-state index contributed by atoms with van der Waals surface area (Å²) in [6.07, 6.45) is -3.41. The average molecular weight is 320 g/mol. The zero-order chi connectivity index (χ0) is 17.1. The SMILES string of the molecule is CN(C(=O)c1ccnc(OCC(F)(F)F)c1)C(C)(C)C(=O)O. The first-order valence-corrected chi connectivity index (χ1v) is 6.12. The molecule has 0 unspecified atom stereocenters. The van der Waals surface area contributed by atoms with Crippen molar-refractivity contribution in [3.63, 3.8) is 0 Å². The van der Waals surface area contributed by atoms with E-state index in [4.69, 9.17) is 5.11 Å². The molecule has 0 spiro atoms. The summed E-state index contributed by atoms with van der Waals surface area (Å²) in [4.78, 5) is 27.9. The maximum absolute atomic E-state index is 12.2. The summed E-state index contributed by atoms with van der Waals surface area (Å²) in [6.45, 7) is 1.12. The van der Waals surface area contributed by atoms with Crippen LogP contribution in [0.4, 0.5) is 13.2 Å². The van der Waals surface area contributed by atoms with Gasteiger partial charge >= 0.3 is 12.1 Å². The van der Waals surface area contributed by atoms with E-state index in [-0.39, 0.29) is 11.4 Å². The second-order valence-corrected chi connectivity index (χ2v) is 5.01. The van der Waals surface area contributed by atoms with E-state index in [0.29, 0.717) is 0 Å². The molecule has 0 aliphatic rings. The number of amides is 1. The van der Waals surface area contributed by atoms with Gasteiger partial charge in [0.05, 0.1) is 0 Å². The number of ether oxygens (including phenoxy) is 1. The number of aromatic nitrogens is 1. The smallest absolute Gasteiger partial charge is 0.422 e. The van der Waals surface area contributed by atoms with Crippen LogP contribution in [0.15, 0.2) is 18.3 Å². The van der Waals surface area contributed by atoms with Crippen molar-refractivity contribution in [1.29, 1.82) is 0 Å². The molecule has 1 rings (SSSR count). The molecule has 122 valence electrons. The molecule has 1 heterocycles. The van der Waals surface area contributed by atoms with Crippen molar-refractivity contribution in [2.45, 2.75) is 25.6 Å². The highest BCUT2D eigenvalue weighted by atomic mass is 19.4. The molecule has 0 aliphatic heterocycles. The molecule has 0 atom stereocenters. The van der Waals surface area contributed by atoms with E-state index in [2.05, 4.69) is 9.72 Å². The Morgan fingerprint density at radius 1 is 1.36 bits per heavy atom. The lowest BCUT2D eigenvalue weighted by atomic mass is 10.0. The number of carboxylic acid groups (broad SMARTS) is 1. The summed E-state index contributed by atoms with van der Waals surface area (Å²) in [5.41, 5.74) is -1.50. The number of halogens is 3. The molecule has 0 aromatic carbocycles. The van der Waals surface area contributed by atoms with E-state index in [1.54, 1.807) is 0 Å². The Balaban J connectivity index is 2.93. The summed E-state index contributed by atoms with van der Waals surface area (Å²) in [7, 11) is 1.28. The molecule has 9 heteroatoms. The van der Waals surface area contributed by atoms with Gasteiger partial charge in [-0.1, -0.05) is 0 Å². The Hall–Kier alpha value is -2.32. The van der Waals surface area contributed by atoms with Gasteiger partial charge in [-0.3, -0.25) is 4.79 Å². The van der Waals surface area contributed by atoms with Crippen LogP contribution in [0.5, 0.6) is 5.88 Å². The van der Waals surface area contributed by atoms with Crippen LogP contribution in [0.25, 0.3) is 0 Å². The minimum atomic E-state index is -4.52. The van der Waals surface area contributed by atoms with Crippen molar-refractivity contribution in [2.75, 3.05) is 13.7 Å². The lowest BCUT2D eigenvalue weighted by Crippen LogP contribution is -2.50. The molecule has 1 amide bonds. The van der Waals surface area contributed by atoms with Gasteiger partial charge in [-0.25, -0.2) is 9.78 Å². The molecule has 1 aromatic heterocycles. The predicted octanol–water partition coefficient (Wildman–Crippen LogP) is 1.96. The average Bonchev–Trinajstić information content (AvgIpc) is 2.43. The number of hydrogen-bond acceptors (Lipinski definition) is 4. The van der Waals surface area contributed by atoms with Gasteiger partial charge in [-0.2, -0.15) is 13.2 Å². The summed E-state index contributed by atoms with van der Waals surface area (Å²) in [5, 5.41) is 9.08. The van der Waals surface area contributed by atoms with Crippen molar-refractivity contribution in [2.24, 2.45) is 0 Å². The molecule has 0 saturated carbocycles. The number of carbonyl (C=O) groups excluding carboxylic acids is 1. The number of pyridine rings is 1. The molecule has 22 heavy (non-hydrogen) atoms. The van der Waals surface area contributed by atoms with E-state index in [1.165, 1.54) is 27.0 Å². The Kier molecular flexibility index (Phi) is 5.00. The minimum Gasteiger partial charge on any atom is -0.480 e. The van der Waals surface area contributed by atoms with Gasteiger partial charge < -0.3 is 14.7 Å². The second kappa shape index (κ2) is 6.20. The van der Waals surface area contributed by atoms with E-state index >= 15 is 0 Å². The van der Waals surface area contributed by atoms with Crippen molar-refractivity contribution in [3.8, 4) is 5.88 Å². The largest absolute Gasteiger partial charge is 0.480 e. The predicted molar refractivity (Wildman–Crippen MR) is 69.6 cm³/mol. The molecule has 0 aliphatic carbocycles. The fraction of sp³-hybridized carbons (Fsp3) is 0.462. The number of hydrogen-bond donors (Lipinski definition) is 1. The summed E-state index contributed by atoms with van der Waals surface area (Å²) in [6, 6.07) is 2.29. The van der Waals surface area contributed by atoms with Crippen molar-refractivity contribution >= 4 is 11.9 Å². The van der Waals surface area contributed by atoms with Gasteiger partial charge in [0, 0.05) is 24.9 Å². The van der Waals surface area contributed by atoms with Gasteiger partial charge in [0.1, 0.15) is 5.54 Å². The number of nitrogens with zero attached hydrogens (tertiary/aromatic N) is 2. The zero-order valence-corrected chi connectivity index (χ0v) is 12.1. The lowest BCUT2D eigenvalue weighted by molar-refractivity contribution is -0.154. The number of alkyl halides is 3. The standard InChI is InChI=1S/C13H15F3N2O4/c1-12(2,11(20)21)18(3)10(19)8-4-5-17-9(6-8)22-7-13(14,15)16/h4-6H,7H2,1-3H3,(H,20,21). The maximum atomic E-state index is 12.2. The highest BCUT2D eigenvalue weighted by molar-refractivity contribution is 5.97. The fourth-order valence-electron chi connectivity index (χ4n) is 1.37. The highest BCUT2D eigenvalue weighted by Gasteiger charge is 2.35. The van der Waals surface area contributed by atoms with Crippen LogP contribution in [-0.2, 0) is 4.79 Å². The Bertz CT molecular complexity index is 573. The minimum absolute atomic E-state index is 0.0241. The molecule has 6 nitrogen and oxygen atoms in total. The van der Waals surface area contributed by atoms with Crippen LogP contribution in [0.2, 0.25) is 0 Å². The summed E-state index contributed by atoms with van der Waals surface area (Å²) in [5.74, 6) is -2.26. The number of carboxylic acids is 1. The quantitative estimate of drug-likeness (QED) is 0.897. The third kappa shape index (κ3) is 4.34. The Morgan fingerprint density at radius 3 is 2.45 bits per heavy atom. The molecule has 0 fully saturated rings. The van der Waals surface area contributed by atoms with E-state index in [9.17, 15) is 22.8 Å². The molecular formula is C13H15F3N2O4. The van der Waals surface area contributed by atoms with Crippen LogP contribution in [0.3, 0.4) is 0 Å². The van der Waals surface area contributed by atoms with Crippen LogP contribution >= 0.6 is 0 Å². The van der Waals surface area contributed by atoms with Crippen LogP contribution in [-0.4, -0.2) is 52.2 Å². The van der Waals surface area contributed by atoms with Crippen molar-refractivity contribution in [1.82, 2.24) is 9.88 Å². The van der Waals surface area contributed by atoms with E-state index in [0.717, 1.165) is 17.2 Å². The van der Waals surface area contributed by atoms with Crippen LogP contribution in [0, 0.1) is 0 Å². The fourth-order valence-corrected chi connectivity index (χ4v) is 1.37. The number of aliphatic carboxylic acids is 1. The summed E-state index contributed by atoms with van der Waals surface area (Å²) < 4.78 is 40.7. The third-order valence-electron chi connectivity index (χ3n) is 3.03. The van der Waals surface area contributed by atoms with Crippen molar-refractivity contribution in [3.05, 3.63) is 23.9 Å². The molecule has 0 bridgehead atoms. The monoisotopic (exact) mass is 320 g/mol. The lowest BCUT2D eigenvalue weighted by Gasteiger charge is -2.31. The van der Waals surface area contributed by atoms with Crippen LogP contribution < -0.4 is 4.74 Å². The van der Waals surface area contributed by atoms with E-state index in [1.807, 2.05) is 0 Å². The van der Waals surface area contributed by atoms with E-state index < -0.39 is 30.2 Å². The highest BCUT2D eigenvalue weighted by Crippen LogP contribution is 2.20. The van der Waals surface area contributed by atoms with Crippen LogP contribution in [0.1, 0.15) is 24.2 Å². The first-order valence-electron chi connectivity index (χ1n) is 6.12. The van der Waals surface area contributed by atoms with Gasteiger partial charge in [-0.15, -0.1) is 0 Å². The number of carbonyl (C=O) groups is 2. The Labute approximate surface area is 124 Å². The first kappa shape index (κ1) is 17.7. The third-order valence-corrected chi connectivity index (χ3v) is 3.03.